The number of aryl methyl sites for hydroxylation is 1. The number of fused-ring (bicyclic) bond motifs is 1. The molecule has 0 unspecified atom stereocenters. The van der Waals surface area contributed by atoms with Gasteiger partial charge >= 0.3 is 0 Å². The lowest BCUT2D eigenvalue weighted by atomic mass is 10.1. The average molecular weight is 295 g/mol. The Morgan fingerprint density at radius 2 is 1.73 bits per heavy atom. The molecule has 2 heterocycles. The van der Waals surface area contributed by atoms with E-state index in [9.17, 15) is 14.4 Å². The summed E-state index contributed by atoms with van der Waals surface area (Å²) in [6.45, 7) is 1.44. The summed E-state index contributed by atoms with van der Waals surface area (Å²) in [5.74, 6) is -1.33. The van der Waals surface area contributed by atoms with Crippen molar-refractivity contribution in [3.63, 3.8) is 0 Å². The number of carbonyl (C=O) groups excluding carboxylic acids is 3. The minimum atomic E-state index is -0.446. The van der Waals surface area contributed by atoms with Crippen LogP contribution >= 0.6 is 0 Å². The lowest BCUT2D eigenvalue weighted by Crippen LogP contribution is -2.37. The van der Waals surface area contributed by atoms with Gasteiger partial charge in [-0.05, 0) is 31.2 Å². The highest BCUT2D eigenvalue weighted by molar-refractivity contribution is 6.22. The fraction of sp³-hybridized carbons (Fsp3) is 0.125. The molecule has 0 atom stereocenters. The molecule has 0 fully saturated rings. The minimum Gasteiger partial charge on any atom is -0.323 e. The van der Waals surface area contributed by atoms with Gasteiger partial charge in [0, 0.05) is 6.20 Å². The summed E-state index contributed by atoms with van der Waals surface area (Å²) in [5, 5.41) is 2.66. The molecule has 3 rings (SSSR count). The second-order valence-corrected chi connectivity index (χ2v) is 4.93. The average Bonchev–Trinajstić information content (AvgIpc) is 2.75. The second-order valence-electron chi connectivity index (χ2n) is 4.93. The summed E-state index contributed by atoms with van der Waals surface area (Å²) in [6, 6.07) is 9.95. The van der Waals surface area contributed by atoms with Gasteiger partial charge in [0.25, 0.3) is 11.8 Å². The van der Waals surface area contributed by atoms with Gasteiger partial charge in [-0.15, -0.1) is 0 Å². The number of carbonyl (C=O) groups is 3. The number of amides is 3. The first-order valence-electron chi connectivity index (χ1n) is 6.74. The Labute approximate surface area is 126 Å². The van der Waals surface area contributed by atoms with E-state index in [-0.39, 0.29) is 6.54 Å². The van der Waals surface area contributed by atoms with E-state index >= 15 is 0 Å². The molecule has 2 aromatic rings. The Morgan fingerprint density at radius 3 is 2.32 bits per heavy atom. The van der Waals surface area contributed by atoms with E-state index in [1.165, 1.54) is 0 Å². The molecule has 0 spiro atoms. The first kappa shape index (κ1) is 13.9. The molecule has 1 N–H and O–H groups in total. The largest absolute Gasteiger partial charge is 0.323 e. The van der Waals surface area contributed by atoms with Crippen LogP contribution in [0.25, 0.3) is 0 Å². The number of benzene rings is 1. The molecular weight excluding hydrogens is 282 g/mol. The van der Waals surface area contributed by atoms with Gasteiger partial charge in [0.15, 0.2) is 0 Å². The van der Waals surface area contributed by atoms with Gasteiger partial charge in [-0.2, -0.15) is 0 Å². The molecule has 0 bridgehead atoms. The molecule has 1 aromatic heterocycles. The minimum absolute atomic E-state index is 0.319. The quantitative estimate of drug-likeness (QED) is 0.873. The number of imide groups is 1. The first-order chi connectivity index (χ1) is 10.6. The van der Waals surface area contributed by atoms with Crippen LogP contribution in [0.1, 0.15) is 26.4 Å². The molecule has 110 valence electrons. The van der Waals surface area contributed by atoms with Crippen LogP contribution in [0, 0.1) is 6.92 Å². The fourth-order valence-electron chi connectivity index (χ4n) is 2.33. The Balaban J connectivity index is 1.75. The molecule has 3 amide bonds. The van der Waals surface area contributed by atoms with Crippen LogP contribution in [-0.2, 0) is 4.79 Å². The molecule has 0 saturated heterocycles. The van der Waals surface area contributed by atoms with Crippen molar-refractivity contribution in [2.75, 3.05) is 11.9 Å². The smallest absolute Gasteiger partial charge is 0.262 e. The van der Waals surface area contributed by atoms with Gasteiger partial charge < -0.3 is 5.32 Å². The van der Waals surface area contributed by atoms with E-state index in [1.54, 1.807) is 49.5 Å². The third-order valence-electron chi connectivity index (χ3n) is 3.46. The van der Waals surface area contributed by atoms with Crippen molar-refractivity contribution in [2.24, 2.45) is 0 Å². The molecule has 1 aromatic carbocycles. The predicted molar refractivity (Wildman–Crippen MR) is 79.4 cm³/mol. The third kappa shape index (κ3) is 2.35. The van der Waals surface area contributed by atoms with Gasteiger partial charge in [-0.3, -0.25) is 24.3 Å². The highest BCUT2D eigenvalue weighted by Crippen LogP contribution is 2.22. The van der Waals surface area contributed by atoms with E-state index < -0.39 is 17.7 Å². The summed E-state index contributed by atoms with van der Waals surface area (Å²) < 4.78 is 0. The second kappa shape index (κ2) is 5.40. The van der Waals surface area contributed by atoms with Gasteiger partial charge in [-0.1, -0.05) is 12.1 Å². The monoisotopic (exact) mass is 295 g/mol. The maximum absolute atomic E-state index is 12.2. The summed E-state index contributed by atoms with van der Waals surface area (Å²) in [5.41, 5.74) is 1.89. The van der Waals surface area contributed by atoms with E-state index in [1.807, 2.05) is 0 Å². The highest BCUT2D eigenvalue weighted by atomic mass is 16.2. The summed E-state index contributed by atoms with van der Waals surface area (Å²) in [6.07, 6.45) is 1.62. The van der Waals surface area contributed by atoms with Crippen LogP contribution in [-0.4, -0.2) is 34.2 Å². The lowest BCUT2D eigenvalue weighted by molar-refractivity contribution is -0.116. The first-order valence-corrected chi connectivity index (χ1v) is 6.74. The van der Waals surface area contributed by atoms with Gasteiger partial charge in [0.2, 0.25) is 5.91 Å². The van der Waals surface area contributed by atoms with Gasteiger partial charge in [0.05, 0.1) is 22.5 Å². The third-order valence-corrected chi connectivity index (χ3v) is 3.46. The van der Waals surface area contributed by atoms with Crippen molar-refractivity contribution >= 4 is 23.4 Å². The predicted octanol–water partition coefficient (Wildman–Crippen LogP) is 1.62. The van der Waals surface area contributed by atoms with Crippen LogP contribution in [0.2, 0.25) is 0 Å². The number of nitrogens with zero attached hydrogens (tertiary/aromatic N) is 2. The van der Waals surface area contributed by atoms with Crippen LogP contribution in [0.3, 0.4) is 0 Å². The maximum atomic E-state index is 12.2. The number of aromatic nitrogens is 1. The zero-order valence-electron chi connectivity index (χ0n) is 11.9. The molecular formula is C16H13N3O3. The molecule has 0 saturated carbocycles. The SMILES string of the molecule is Cc1ncccc1NC(=O)CN1C(=O)c2ccccc2C1=O. The van der Waals surface area contributed by atoms with Crippen molar-refractivity contribution < 1.29 is 14.4 Å². The zero-order valence-corrected chi connectivity index (χ0v) is 11.9. The molecule has 6 nitrogen and oxygen atoms in total. The topological polar surface area (TPSA) is 79.4 Å². The van der Waals surface area contributed by atoms with E-state index in [4.69, 9.17) is 0 Å². The van der Waals surface area contributed by atoms with Gasteiger partial charge in [-0.25, -0.2) is 0 Å². The number of anilines is 1. The van der Waals surface area contributed by atoms with Gasteiger partial charge in [0.1, 0.15) is 6.54 Å². The Hall–Kier alpha value is -3.02. The van der Waals surface area contributed by atoms with Crippen LogP contribution in [0.4, 0.5) is 5.69 Å². The van der Waals surface area contributed by atoms with Crippen LogP contribution in [0.15, 0.2) is 42.6 Å². The lowest BCUT2D eigenvalue weighted by Gasteiger charge is -2.14. The van der Waals surface area contributed by atoms with Crippen molar-refractivity contribution in [2.45, 2.75) is 6.92 Å². The normalized spacial score (nSPS) is 13.2. The summed E-state index contributed by atoms with van der Waals surface area (Å²) in [4.78, 5) is 41.4. The zero-order chi connectivity index (χ0) is 15.7. The Bertz CT molecular complexity index is 751. The van der Waals surface area contributed by atoms with Crippen molar-refractivity contribution in [3.8, 4) is 0 Å². The van der Waals surface area contributed by atoms with Crippen LogP contribution in [0.5, 0.6) is 0 Å². The summed E-state index contributed by atoms with van der Waals surface area (Å²) in [7, 11) is 0. The molecule has 6 heteroatoms. The van der Waals surface area contributed by atoms with E-state index in [0.29, 0.717) is 22.5 Å². The highest BCUT2D eigenvalue weighted by Gasteiger charge is 2.36. The van der Waals surface area contributed by atoms with Crippen LogP contribution < -0.4 is 5.32 Å². The molecule has 0 aliphatic carbocycles. The molecule has 0 radical (unpaired) electrons. The number of hydrogen-bond donors (Lipinski definition) is 1. The number of pyridine rings is 1. The van der Waals surface area contributed by atoms with Crippen molar-refractivity contribution in [1.29, 1.82) is 0 Å². The molecule has 1 aliphatic rings. The fourth-order valence-corrected chi connectivity index (χ4v) is 2.33. The van der Waals surface area contributed by atoms with E-state index in [0.717, 1.165) is 4.90 Å². The van der Waals surface area contributed by atoms with E-state index in [2.05, 4.69) is 10.3 Å². The Morgan fingerprint density at radius 1 is 1.09 bits per heavy atom. The molecule has 22 heavy (non-hydrogen) atoms. The summed E-state index contributed by atoms with van der Waals surface area (Å²) >= 11 is 0. The van der Waals surface area contributed by atoms with Crippen molar-refractivity contribution in [3.05, 3.63) is 59.4 Å². The standard InChI is InChI=1S/C16H13N3O3/c1-10-13(7-4-8-17-10)18-14(20)9-19-15(21)11-5-2-3-6-12(11)16(19)22/h2-8H,9H2,1H3,(H,18,20). The van der Waals surface area contributed by atoms with Crippen molar-refractivity contribution in [1.82, 2.24) is 9.88 Å². The number of nitrogens with one attached hydrogen (secondary N) is 1. The number of rotatable bonds is 3. The maximum Gasteiger partial charge on any atom is 0.262 e. The Kier molecular flexibility index (Phi) is 3.42. The number of hydrogen-bond acceptors (Lipinski definition) is 4. The molecule has 1 aliphatic heterocycles.